The number of nitrogens with zero attached hydrogens (tertiary/aromatic N) is 1. The molecule has 4 heteroatoms. The Labute approximate surface area is 114 Å². The number of rotatable bonds is 2. The van der Waals surface area contributed by atoms with Crippen molar-refractivity contribution in [3.05, 3.63) is 18.4 Å². The molecule has 1 saturated heterocycles. The average Bonchev–Trinajstić information content (AvgIpc) is 3.02. The fourth-order valence-corrected chi connectivity index (χ4v) is 3.89. The zero-order chi connectivity index (χ0) is 13.4. The van der Waals surface area contributed by atoms with Crippen molar-refractivity contribution in [1.82, 2.24) is 5.32 Å². The molecule has 0 spiro atoms. The quantitative estimate of drug-likeness (QED) is 0.890. The number of carbonyl (C=O) groups is 1. The van der Waals surface area contributed by atoms with Crippen LogP contribution in [0.25, 0.3) is 0 Å². The largest absolute Gasteiger partial charge is 0.448 e. The molecular formula is C15H22N2O2. The highest BCUT2D eigenvalue weighted by atomic mass is 16.3. The van der Waals surface area contributed by atoms with Gasteiger partial charge in [0.2, 0.25) is 11.8 Å². The summed E-state index contributed by atoms with van der Waals surface area (Å²) in [6.07, 6.45) is 6.32. The van der Waals surface area contributed by atoms with Gasteiger partial charge in [-0.3, -0.25) is 9.69 Å². The Morgan fingerprint density at radius 1 is 1.42 bits per heavy atom. The third-order valence-corrected chi connectivity index (χ3v) is 4.75. The summed E-state index contributed by atoms with van der Waals surface area (Å²) in [5.41, 5.74) is 0. The summed E-state index contributed by atoms with van der Waals surface area (Å²) in [4.78, 5) is 14.8. The van der Waals surface area contributed by atoms with Gasteiger partial charge in [-0.2, -0.15) is 0 Å². The molecule has 2 heterocycles. The number of amides is 1. The molecule has 4 atom stereocenters. The monoisotopic (exact) mass is 262 g/mol. The van der Waals surface area contributed by atoms with Crippen LogP contribution >= 0.6 is 0 Å². The third-order valence-electron chi connectivity index (χ3n) is 4.75. The Morgan fingerprint density at radius 3 is 2.95 bits per heavy atom. The molecule has 0 bridgehead atoms. The van der Waals surface area contributed by atoms with E-state index in [0.717, 1.165) is 12.8 Å². The van der Waals surface area contributed by atoms with Gasteiger partial charge in [-0.05, 0) is 44.2 Å². The number of likely N-dealkylation sites (N-methyl/N-ethyl adjacent to an activating group) is 1. The van der Waals surface area contributed by atoms with Crippen LogP contribution in [-0.4, -0.2) is 25.0 Å². The van der Waals surface area contributed by atoms with Crippen LogP contribution in [0.15, 0.2) is 22.8 Å². The van der Waals surface area contributed by atoms with Crippen molar-refractivity contribution >= 4 is 11.8 Å². The van der Waals surface area contributed by atoms with E-state index in [0.29, 0.717) is 23.8 Å². The number of anilines is 1. The zero-order valence-corrected chi connectivity index (χ0v) is 11.6. The SMILES string of the molecule is CNC1C(=O)N(c2ccco2)C2CCCC2CC1C. The van der Waals surface area contributed by atoms with Crippen molar-refractivity contribution in [3.63, 3.8) is 0 Å². The van der Waals surface area contributed by atoms with Crippen LogP contribution in [0.5, 0.6) is 0 Å². The highest BCUT2D eigenvalue weighted by Gasteiger charge is 2.44. The highest BCUT2D eigenvalue weighted by molar-refractivity contribution is 5.97. The van der Waals surface area contributed by atoms with Gasteiger partial charge in [0, 0.05) is 12.1 Å². The molecule has 1 aromatic rings. The lowest BCUT2D eigenvalue weighted by molar-refractivity contribution is -0.121. The van der Waals surface area contributed by atoms with Crippen molar-refractivity contribution < 1.29 is 9.21 Å². The van der Waals surface area contributed by atoms with Crippen LogP contribution in [0, 0.1) is 11.8 Å². The Hall–Kier alpha value is -1.29. The van der Waals surface area contributed by atoms with E-state index >= 15 is 0 Å². The molecule has 3 rings (SSSR count). The lowest BCUT2D eigenvalue weighted by atomic mass is 9.90. The summed E-state index contributed by atoms with van der Waals surface area (Å²) in [6.45, 7) is 2.18. The fraction of sp³-hybridized carbons (Fsp3) is 0.667. The molecule has 1 aromatic heterocycles. The van der Waals surface area contributed by atoms with Crippen molar-refractivity contribution in [2.24, 2.45) is 11.8 Å². The van der Waals surface area contributed by atoms with Gasteiger partial charge in [-0.25, -0.2) is 0 Å². The molecule has 0 radical (unpaired) electrons. The number of hydrogen-bond donors (Lipinski definition) is 1. The average molecular weight is 262 g/mol. The Balaban J connectivity index is 1.99. The van der Waals surface area contributed by atoms with Gasteiger partial charge in [0.05, 0.1) is 12.3 Å². The maximum absolute atomic E-state index is 12.8. The lowest BCUT2D eigenvalue weighted by Gasteiger charge is -2.29. The molecule has 0 aromatic carbocycles. The van der Waals surface area contributed by atoms with Crippen LogP contribution in [0.3, 0.4) is 0 Å². The predicted molar refractivity (Wildman–Crippen MR) is 74.0 cm³/mol. The van der Waals surface area contributed by atoms with Crippen molar-refractivity contribution in [1.29, 1.82) is 0 Å². The summed E-state index contributed by atoms with van der Waals surface area (Å²) in [5, 5.41) is 3.19. The molecule has 19 heavy (non-hydrogen) atoms. The van der Waals surface area contributed by atoms with Gasteiger partial charge in [-0.1, -0.05) is 13.3 Å². The summed E-state index contributed by atoms with van der Waals surface area (Å²) in [6, 6.07) is 3.97. The van der Waals surface area contributed by atoms with Crippen LogP contribution < -0.4 is 10.2 Å². The number of carbonyl (C=O) groups excluding carboxylic acids is 1. The number of fused-ring (bicyclic) bond motifs is 1. The first-order valence-electron chi connectivity index (χ1n) is 7.26. The second-order valence-corrected chi connectivity index (χ2v) is 5.90. The Kier molecular flexibility index (Phi) is 3.35. The van der Waals surface area contributed by atoms with E-state index in [1.54, 1.807) is 6.26 Å². The zero-order valence-electron chi connectivity index (χ0n) is 11.6. The molecule has 2 aliphatic rings. The minimum atomic E-state index is -0.101. The van der Waals surface area contributed by atoms with E-state index < -0.39 is 0 Å². The number of hydrogen-bond acceptors (Lipinski definition) is 3. The first-order chi connectivity index (χ1) is 9.22. The van der Waals surface area contributed by atoms with Crippen LogP contribution in [0.2, 0.25) is 0 Å². The van der Waals surface area contributed by atoms with Gasteiger partial charge in [0.15, 0.2) is 0 Å². The van der Waals surface area contributed by atoms with Gasteiger partial charge >= 0.3 is 0 Å². The van der Waals surface area contributed by atoms with Crippen LogP contribution in [0.4, 0.5) is 5.88 Å². The summed E-state index contributed by atoms with van der Waals surface area (Å²) >= 11 is 0. The summed E-state index contributed by atoms with van der Waals surface area (Å²) in [7, 11) is 1.88. The van der Waals surface area contributed by atoms with Crippen LogP contribution in [0.1, 0.15) is 32.6 Å². The molecule has 104 valence electrons. The second-order valence-electron chi connectivity index (χ2n) is 5.90. The topological polar surface area (TPSA) is 45.5 Å². The van der Waals surface area contributed by atoms with Crippen molar-refractivity contribution in [2.75, 3.05) is 11.9 Å². The molecule has 4 unspecified atom stereocenters. The molecular weight excluding hydrogens is 240 g/mol. The predicted octanol–water partition coefficient (Wildman–Crippen LogP) is 2.41. The van der Waals surface area contributed by atoms with Crippen molar-refractivity contribution in [2.45, 2.75) is 44.7 Å². The maximum atomic E-state index is 12.8. The molecule has 1 amide bonds. The molecule has 2 fully saturated rings. The minimum Gasteiger partial charge on any atom is -0.448 e. The van der Waals surface area contributed by atoms with Crippen LogP contribution in [-0.2, 0) is 4.79 Å². The minimum absolute atomic E-state index is 0.101. The van der Waals surface area contributed by atoms with E-state index in [1.165, 1.54) is 12.8 Å². The summed E-state index contributed by atoms with van der Waals surface area (Å²) in [5.74, 6) is 1.86. The van der Waals surface area contributed by atoms with Gasteiger partial charge < -0.3 is 9.73 Å². The lowest BCUT2D eigenvalue weighted by Crippen LogP contribution is -2.50. The normalized spacial score (nSPS) is 35.3. The molecule has 1 aliphatic heterocycles. The first-order valence-corrected chi connectivity index (χ1v) is 7.26. The fourth-order valence-electron chi connectivity index (χ4n) is 3.89. The Bertz CT molecular complexity index is 443. The maximum Gasteiger partial charge on any atom is 0.246 e. The van der Waals surface area contributed by atoms with Crippen molar-refractivity contribution in [3.8, 4) is 0 Å². The summed E-state index contributed by atoms with van der Waals surface area (Å²) < 4.78 is 5.51. The van der Waals surface area contributed by atoms with E-state index in [1.807, 2.05) is 24.1 Å². The standard InChI is InChI=1S/C15H22N2O2/c1-10-9-11-5-3-6-12(11)17(13-7-4-8-19-13)15(18)14(10)16-2/h4,7-8,10-12,14,16H,3,5-6,9H2,1-2H3. The van der Waals surface area contributed by atoms with Gasteiger partial charge in [-0.15, -0.1) is 0 Å². The second kappa shape index (κ2) is 5.00. The molecule has 1 aliphatic carbocycles. The van der Waals surface area contributed by atoms with E-state index in [2.05, 4.69) is 12.2 Å². The molecule has 1 saturated carbocycles. The molecule has 4 nitrogen and oxygen atoms in total. The smallest absolute Gasteiger partial charge is 0.246 e. The highest BCUT2D eigenvalue weighted by Crippen LogP contribution is 2.40. The number of nitrogens with one attached hydrogen (secondary N) is 1. The Morgan fingerprint density at radius 2 is 2.26 bits per heavy atom. The third kappa shape index (κ3) is 2.08. The van der Waals surface area contributed by atoms with Gasteiger partial charge in [0.25, 0.3) is 0 Å². The van der Waals surface area contributed by atoms with E-state index in [-0.39, 0.29) is 11.9 Å². The number of furan rings is 1. The van der Waals surface area contributed by atoms with E-state index in [4.69, 9.17) is 4.42 Å². The van der Waals surface area contributed by atoms with Gasteiger partial charge in [0.1, 0.15) is 0 Å². The molecule has 1 N–H and O–H groups in total. The first kappa shape index (κ1) is 12.7. The van der Waals surface area contributed by atoms with E-state index in [9.17, 15) is 4.79 Å².